The number of hydrogen-bond acceptors (Lipinski definition) is 3. The maximum atomic E-state index is 12.3. The van der Waals surface area contributed by atoms with Gasteiger partial charge < -0.3 is 11.5 Å². The van der Waals surface area contributed by atoms with Crippen LogP contribution in [-0.4, -0.2) is 10.9 Å². The van der Waals surface area contributed by atoms with E-state index in [0.717, 1.165) is 6.20 Å². The van der Waals surface area contributed by atoms with Crippen molar-refractivity contribution in [2.24, 2.45) is 5.73 Å². The molecule has 0 radical (unpaired) electrons. The average Bonchev–Trinajstić information content (AvgIpc) is 2.02. The molecule has 76 valence electrons. The van der Waals surface area contributed by atoms with Crippen molar-refractivity contribution in [2.75, 3.05) is 5.73 Å². The van der Waals surface area contributed by atoms with Crippen LogP contribution in [0, 0.1) is 0 Å². The van der Waals surface area contributed by atoms with E-state index in [-0.39, 0.29) is 15.9 Å². The lowest BCUT2D eigenvalue weighted by Crippen LogP contribution is -2.16. The second kappa shape index (κ2) is 3.87. The molecule has 0 bridgehead atoms. The number of nitrogens with zero attached hydrogens (tertiary/aromatic N) is 1. The van der Waals surface area contributed by atoms with Crippen LogP contribution in [0.3, 0.4) is 0 Å². The number of alkyl halides is 2. The Morgan fingerprint density at radius 1 is 1.57 bits per heavy atom. The Kier molecular flexibility index (Phi) is 3.00. The number of nitrogens with two attached hydrogens (primary N) is 2. The molecule has 4 N–H and O–H groups in total. The molecule has 14 heavy (non-hydrogen) atoms. The SMILES string of the molecule is NC(=O)c1c(N)ncc(C(F)F)c1Br. The van der Waals surface area contributed by atoms with Crippen molar-refractivity contribution < 1.29 is 13.6 Å². The predicted octanol–water partition coefficient (Wildman–Crippen LogP) is 1.46. The van der Waals surface area contributed by atoms with E-state index in [0.29, 0.717) is 0 Å². The normalized spacial score (nSPS) is 10.6. The van der Waals surface area contributed by atoms with Gasteiger partial charge in [-0.25, -0.2) is 13.8 Å². The van der Waals surface area contributed by atoms with E-state index in [4.69, 9.17) is 11.5 Å². The summed E-state index contributed by atoms with van der Waals surface area (Å²) in [5.41, 5.74) is 9.63. The highest BCUT2D eigenvalue weighted by atomic mass is 79.9. The first kappa shape index (κ1) is 10.8. The topological polar surface area (TPSA) is 82.0 Å². The van der Waals surface area contributed by atoms with Crippen molar-refractivity contribution >= 4 is 27.7 Å². The van der Waals surface area contributed by atoms with Crippen LogP contribution in [0.1, 0.15) is 22.3 Å². The monoisotopic (exact) mass is 265 g/mol. The van der Waals surface area contributed by atoms with Crippen LogP contribution in [-0.2, 0) is 0 Å². The summed E-state index contributed by atoms with van der Waals surface area (Å²) >= 11 is 2.83. The Bertz CT molecular complexity index is 383. The maximum Gasteiger partial charge on any atom is 0.266 e. The number of amides is 1. The fraction of sp³-hybridized carbons (Fsp3) is 0.143. The summed E-state index contributed by atoms with van der Waals surface area (Å²) in [6.07, 6.45) is -1.84. The zero-order valence-corrected chi connectivity index (χ0v) is 8.38. The summed E-state index contributed by atoms with van der Waals surface area (Å²) in [5, 5.41) is 0. The first-order valence-electron chi connectivity index (χ1n) is 3.47. The number of primary amides is 1. The lowest BCUT2D eigenvalue weighted by molar-refractivity contribution is 0.0999. The maximum absolute atomic E-state index is 12.3. The minimum absolute atomic E-state index is 0.104. The van der Waals surface area contributed by atoms with Gasteiger partial charge in [-0.2, -0.15) is 0 Å². The van der Waals surface area contributed by atoms with Gasteiger partial charge in [0.2, 0.25) is 0 Å². The van der Waals surface area contributed by atoms with E-state index in [1.54, 1.807) is 0 Å². The molecule has 1 aromatic heterocycles. The molecule has 1 heterocycles. The smallest absolute Gasteiger partial charge is 0.266 e. The average molecular weight is 266 g/mol. The molecule has 0 unspecified atom stereocenters. The summed E-state index contributed by atoms with van der Waals surface area (Å²) < 4.78 is 24.6. The van der Waals surface area contributed by atoms with Gasteiger partial charge in [-0.3, -0.25) is 4.79 Å². The molecule has 4 nitrogen and oxygen atoms in total. The van der Waals surface area contributed by atoms with Crippen LogP contribution < -0.4 is 11.5 Å². The third-order valence-electron chi connectivity index (χ3n) is 1.55. The molecule has 0 aliphatic heterocycles. The summed E-state index contributed by atoms with van der Waals surface area (Å²) in [7, 11) is 0. The number of aromatic nitrogens is 1. The summed E-state index contributed by atoms with van der Waals surface area (Å²) in [6.45, 7) is 0. The Labute approximate surface area is 86.4 Å². The third kappa shape index (κ3) is 1.82. The highest BCUT2D eigenvalue weighted by Crippen LogP contribution is 2.31. The van der Waals surface area contributed by atoms with Gasteiger partial charge in [0.15, 0.2) is 0 Å². The van der Waals surface area contributed by atoms with Gasteiger partial charge in [0, 0.05) is 10.7 Å². The van der Waals surface area contributed by atoms with Gasteiger partial charge in [0.1, 0.15) is 5.82 Å². The van der Waals surface area contributed by atoms with Crippen LogP contribution in [0.15, 0.2) is 10.7 Å². The highest BCUT2D eigenvalue weighted by molar-refractivity contribution is 9.10. The first-order chi connectivity index (χ1) is 6.45. The first-order valence-corrected chi connectivity index (χ1v) is 4.26. The Morgan fingerprint density at radius 3 is 2.57 bits per heavy atom. The van der Waals surface area contributed by atoms with Crippen molar-refractivity contribution in [1.29, 1.82) is 0 Å². The molecule has 0 fully saturated rings. The molecule has 0 saturated heterocycles. The van der Waals surface area contributed by atoms with E-state index in [1.807, 2.05) is 0 Å². The van der Waals surface area contributed by atoms with E-state index < -0.39 is 17.9 Å². The van der Waals surface area contributed by atoms with Crippen molar-refractivity contribution in [1.82, 2.24) is 4.98 Å². The van der Waals surface area contributed by atoms with E-state index in [2.05, 4.69) is 20.9 Å². The largest absolute Gasteiger partial charge is 0.383 e. The fourth-order valence-corrected chi connectivity index (χ4v) is 1.58. The Morgan fingerprint density at radius 2 is 2.14 bits per heavy atom. The van der Waals surface area contributed by atoms with Crippen LogP contribution in [0.2, 0.25) is 0 Å². The molecule has 0 spiro atoms. The van der Waals surface area contributed by atoms with Crippen molar-refractivity contribution in [2.45, 2.75) is 6.43 Å². The number of pyridine rings is 1. The van der Waals surface area contributed by atoms with E-state index in [1.165, 1.54) is 0 Å². The Hall–Kier alpha value is -1.24. The van der Waals surface area contributed by atoms with Crippen molar-refractivity contribution in [3.63, 3.8) is 0 Å². The number of rotatable bonds is 2. The zero-order chi connectivity index (χ0) is 10.9. The number of anilines is 1. The lowest BCUT2D eigenvalue weighted by Gasteiger charge is -2.08. The van der Waals surface area contributed by atoms with Gasteiger partial charge in [0.05, 0.1) is 11.1 Å². The minimum Gasteiger partial charge on any atom is -0.383 e. The molecule has 1 aromatic rings. The molecular formula is C7H6BrF2N3O. The fourth-order valence-electron chi connectivity index (χ4n) is 0.904. The lowest BCUT2D eigenvalue weighted by atomic mass is 10.2. The van der Waals surface area contributed by atoms with Crippen LogP contribution >= 0.6 is 15.9 Å². The van der Waals surface area contributed by atoms with Gasteiger partial charge in [0.25, 0.3) is 12.3 Å². The molecule has 1 rings (SSSR count). The van der Waals surface area contributed by atoms with Crippen LogP contribution in [0.4, 0.5) is 14.6 Å². The summed E-state index contributed by atoms with van der Waals surface area (Å²) in [4.78, 5) is 14.3. The molecular weight excluding hydrogens is 260 g/mol. The van der Waals surface area contributed by atoms with Crippen LogP contribution in [0.5, 0.6) is 0 Å². The highest BCUT2D eigenvalue weighted by Gasteiger charge is 2.20. The number of hydrogen-bond donors (Lipinski definition) is 2. The van der Waals surface area contributed by atoms with E-state index in [9.17, 15) is 13.6 Å². The van der Waals surface area contributed by atoms with Gasteiger partial charge >= 0.3 is 0 Å². The zero-order valence-electron chi connectivity index (χ0n) is 6.80. The summed E-state index contributed by atoms with van der Waals surface area (Å²) in [5.74, 6) is -1.07. The summed E-state index contributed by atoms with van der Waals surface area (Å²) in [6, 6.07) is 0. The second-order valence-electron chi connectivity index (χ2n) is 2.45. The van der Waals surface area contributed by atoms with Gasteiger partial charge in [-0.1, -0.05) is 0 Å². The van der Waals surface area contributed by atoms with Crippen molar-refractivity contribution in [3.8, 4) is 0 Å². The molecule has 0 saturated carbocycles. The number of nitrogen functional groups attached to an aromatic ring is 1. The molecule has 7 heteroatoms. The molecule has 0 aliphatic carbocycles. The molecule has 1 amide bonds. The minimum atomic E-state index is -2.74. The number of carbonyl (C=O) groups is 1. The van der Waals surface area contributed by atoms with Gasteiger partial charge in [-0.05, 0) is 15.9 Å². The third-order valence-corrected chi connectivity index (χ3v) is 2.41. The number of carbonyl (C=O) groups excluding carboxylic acids is 1. The molecule has 0 aromatic carbocycles. The predicted molar refractivity (Wildman–Crippen MR) is 49.8 cm³/mol. The second-order valence-corrected chi connectivity index (χ2v) is 3.25. The van der Waals surface area contributed by atoms with Gasteiger partial charge in [-0.15, -0.1) is 0 Å². The van der Waals surface area contributed by atoms with Crippen LogP contribution in [0.25, 0.3) is 0 Å². The molecule has 0 aliphatic rings. The standard InChI is InChI=1S/C7H6BrF2N3O/c8-4-2(5(9)10)1-13-6(11)3(4)7(12)14/h1,5H,(H2,11,13)(H2,12,14). The number of halogens is 3. The Balaban J connectivity index is 3.41. The van der Waals surface area contributed by atoms with E-state index >= 15 is 0 Å². The van der Waals surface area contributed by atoms with Crippen molar-refractivity contribution in [3.05, 3.63) is 21.8 Å². The quantitative estimate of drug-likeness (QED) is 0.850. The molecule has 0 atom stereocenters.